The van der Waals surface area contributed by atoms with E-state index in [9.17, 15) is 58.0 Å². The van der Waals surface area contributed by atoms with E-state index in [0.29, 0.717) is 45.6 Å². The fourth-order valence-corrected chi connectivity index (χ4v) is 8.20. The predicted molar refractivity (Wildman–Crippen MR) is 282 cm³/mol. The molecule has 0 bridgehead atoms. The van der Waals surface area contributed by atoms with Gasteiger partial charge in [0.2, 0.25) is 0 Å². The average molecular weight is 1180 g/mol. The molecule has 4 atom stereocenters. The molecule has 0 spiro atoms. The Hall–Kier alpha value is -4.61. The van der Waals surface area contributed by atoms with Gasteiger partial charge in [-0.2, -0.15) is 5.26 Å². The van der Waals surface area contributed by atoms with E-state index in [2.05, 4.69) is 14.8 Å². The summed E-state index contributed by atoms with van der Waals surface area (Å²) in [6.07, 6.45) is 1.50. The van der Waals surface area contributed by atoms with Crippen LogP contribution in [0.5, 0.6) is 0 Å². The molecule has 0 unspecified atom stereocenters. The van der Waals surface area contributed by atoms with Crippen molar-refractivity contribution in [3.8, 4) is 6.07 Å². The van der Waals surface area contributed by atoms with Gasteiger partial charge in [0.1, 0.15) is 35.1 Å². The SMILES string of the molecule is CC(C)(C)OC(=O)N1CCC[C@@H](O)C1.CC(C)(C)OC(=O)N1CCC[C@@H](OC(=O)Cl)C1.CC(C)(C=C(C#N)C(=O)N1CCC[C@@H](OC(=O)N[C@@H](Cc2ccccc2)B(O)O)C1)N1CCC(F)(F)C1.COC(=O)OC(Cl)(Cl)Cl. The third-order valence-electron chi connectivity index (χ3n) is 11.4. The number of methoxy groups -OCH3 is 1. The van der Waals surface area contributed by atoms with Gasteiger partial charge in [-0.1, -0.05) is 30.3 Å². The van der Waals surface area contributed by atoms with Crippen molar-refractivity contribution in [2.45, 2.75) is 158 Å². The number of amides is 4. The zero-order valence-electron chi connectivity index (χ0n) is 44.9. The number of nitrogens with zero attached hydrogens (tertiary/aromatic N) is 5. The fourth-order valence-electron chi connectivity index (χ4n) is 7.88. The number of piperidine rings is 3. The van der Waals surface area contributed by atoms with Crippen LogP contribution < -0.4 is 5.32 Å². The number of carbonyl (C=O) groups excluding carboxylic acids is 6. The molecule has 4 N–H and O–H groups in total. The summed E-state index contributed by atoms with van der Waals surface area (Å²) < 4.78 is 54.2. The molecule has 0 aromatic heterocycles. The van der Waals surface area contributed by atoms with Crippen LogP contribution in [0, 0.1) is 11.3 Å². The molecule has 28 heteroatoms. The van der Waals surface area contributed by atoms with E-state index in [-0.39, 0.29) is 49.8 Å². The third kappa shape index (κ3) is 28.2. The second-order valence-corrected chi connectivity index (χ2v) is 23.4. The van der Waals surface area contributed by atoms with Crippen molar-refractivity contribution in [3.63, 3.8) is 0 Å². The molecule has 5 rings (SSSR count). The summed E-state index contributed by atoms with van der Waals surface area (Å²) in [6.45, 7) is 16.5. The molecule has 4 aliphatic heterocycles. The molecule has 4 heterocycles. The Balaban J connectivity index is 0.000000416. The van der Waals surface area contributed by atoms with Gasteiger partial charge in [0, 0.05) is 56.3 Å². The highest BCUT2D eigenvalue weighted by atomic mass is 35.6. The number of ether oxygens (including phenoxy) is 6. The molecule has 434 valence electrons. The van der Waals surface area contributed by atoms with Crippen molar-refractivity contribution in [3.05, 3.63) is 47.5 Å². The van der Waals surface area contributed by atoms with Crippen molar-refractivity contribution in [2.24, 2.45) is 0 Å². The maximum Gasteiger partial charge on any atom is 0.511 e. The Labute approximate surface area is 469 Å². The van der Waals surface area contributed by atoms with Gasteiger partial charge in [0.25, 0.3) is 11.8 Å². The number of alkyl carbamates (subject to hydrolysis) is 1. The van der Waals surface area contributed by atoms with Crippen LogP contribution in [0.25, 0.3) is 0 Å². The van der Waals surface area contributed by atoms with Gasteiger partial charge >= 0.3 is 41.0 Å². The second kappa shape index (κ2) is 31.3. The predicted octanol–water partition coefficient (Wildman–Crippen LogP) is 8.13. The number of nitriles is 1. The van der Waals surface area contributed by atoms with Crippen LogP contribution in [0.1, 0.15) is 106 Å². The highest BCUT2D eigenvalue weighted by Crippen LogP contribution is 2.33. The molecule has 1 aromatic carbocycles. The second-order valence-electron chi connectivity index (χ2n) is 20.9. The maximum atomic E-state index is 13.7. The van der Waals surface area contributed by atoms with E-state index in [4.69, 9.17) is 65.4 Å². The number of halogens is 6. The first kappa shape index (κ1) is 68.5. The molecule has 77 heavy (non-hydrogen) atoms. The molecule has 1 aromatic rings. The monoisotopic (exact) mass is 1170 g/mol. The van der Waals surface area contributed by atoms with Crippen LogP contribution in [0.15, 0.2) is 42.0 Å². The van der Waals surface area contributed by atoms with Crippen LogP contribution in [0.2, 0.25) is 0 Å². The zero-order valence-corrected chi connectivity index (χ0v) is 47.9. The Morgan fingerprint density at radius 1 is 0.805 bits per heavy atom. The number of carbonyl (C=O) groups is 6. The molecular formula is C49H73BCl4F2N6O15. The first-order valence-corrected chi connectivity index (χ1v) is 26.3. The number of hydrogen-bond acceptors (Lipinski definition) is 17. The summed E-state index contributed by atoms with van der Waals surface area (Å²) in [5.41, 5.74) is -2.10. The standard InChI is InChI=1S/C25H33BF2N4O5.C11H18ClNO4.C10H19NO3.C3H3Cl3O3/c1-24(2,32-12-10-25(27,28)17-32)14-19(15-29)22(33)31-11-6-9-20(16-31)37-23(34)30-21(26(35)36)13-18-7-4-3-5-8-18;1-11(2,3)17-10(15)13-6-4-5-8(7-13)16-9(12)14;1-10(2,3)14-9(13)11-6-4-5-8(12)7-11;1-8-2(7)9-3(4,5)6/h3-5,7-8,14,20-21,35-36H,6,9-13,16-17H2,1-2H3,(H,30,34);8H,4-7H2,1-3H3;8,12H,4-7H2,1-3H3;1H3/t20-,21+;2*8-;/m111./s1. The number of alkyl halides is 5. The van der Waals surface area contributed by atoms with E-state index in [1.165, 1.54) is 11.0 Å². The minimum atomic E-state index is -2.80. The number of benzene rings is 1. The van der Waals surface area contributed by atoms with Gasteiger partial charge in [-0.05, 0) is 147 Å². The van der Waals surface area contributed by atoms with Crippen LogP contribution in [-0.2, 0) is 39.6 Å². The highest BCUT2D eigenvalue weighted by Gasteiger charge is 2.44. The number of aliphatic hydroxyl groups is 1. The van der Waals surface area contributed by atoms with E-state index >= 15 is 0 Å². The van der Waals surface area contributed by atoms with Crippen molar-refractivity contribution in [1.29, 1.82) is 5.26 Å². The summed E-state index contributed by atoms with van der Waals surface area (Å²) in [5, 5.41) is 40.8. The Bertz CT molecular complexity index is 2160. The molecule has 4 saturated heterocycles. The lowest BCUT2D eigenvalue weighted by molar-refractivity contribution is -0.129. The van der Waals surface area contributed by atoms with E-state index in [1.807, 2.05) is 53.7 Å². The third-order valence-corrected chi connectivity index (χ3v) is 11.8. The van der Waals surface area contributed by atoms with Crippen molar-refractivity contribution in [2.75, 3.05) is 59.5 Å². The smallest absolute Gasteiger partial charge is 0.448 e. The van der Waals surface area contributed by atoms with Crippen molar-refractivity contribution in [1.82, 2.24) is 24.9 Å². The molecule has 4 aliphatic rings. The number of nitrogens with one attached hydrogen (secondary N) is 1. The zero-order chi connectivity index (χ0) is 58.5. The van der Waals surface area contributed by atoms with Gasteiger partial charge in [-0.15, -0.1) is 0 Å². The molecule has 4 fully saturated rings. The maximum absolute atomic E-state index is 13.7. The topological polar surface area (TPSA) is 267 Å². The van der Waals surface area contributed by atoms with Gasteiger partial charge in [0.05, 0.1) is 38.8 Å². The largest absolute Gasteiger partial charge is 0.511 e. The number of rotatable bonds is 9. The van der Waals surface area contributed by atoms with Crippen LogP contribution in [0.3, 0.4) is 0 Å². The summed E-state index contributed by atoms with van der Waals surface area (Å²) in [7, 11) is -0.696. The molecular weight excluding hydrogens is 1100 g/mol. The molecule has 0 radical (unpaired) electrons. The minimum absolute atomic E-state index is 0.0541. The summed E-state index contributed by atoms with van der Waals surface area (Å²) in [6, 6.07) is 10.9. The lowest BCUT2D eigenvalue weighted by atomic mass is 9.76. The molecule has 21 nitrogen and oxygen atoms in total. The van der Waals surface area contributed by atoms with Crippen molar-refractivity contribution >= 4 is 89.3 Å². The minimum Gasteiger partial charge on any atom is -0.448 e. The first-order chi connectivity index (χ1) is 35.5. The lowest BCUT2D eigenvalue weighted by Crippen LogP contribution is -2.50. The average Bonchev–Trinajstić information content (AvgIpc) is 3.70. The summed E-state index contributed by atoms with van der Waals surface area (Å²) in [4.78, 5) is 75.7. The van der Waals surface area contributed by atoms with E-state index in [1.54, 1.807) is 52.8 Å². The molecule has 0 saturated carbocycles. The number of aliphatic hydroxyl groups excluding tert-OH is 1. The Morgan fingerprint density at radius 2 is 1.31 bits per heavy atom. The van der Waals surface area contributed by atoms with E-state index in [0.717, 1.165) is 38.4 Å². The lowest BCUT2D eigenvalue weighted by Gasteiger charge is -2.35. The Kier molecular flexibility index (Phi) is 27.8. The van der Waals surface area contributed by atoms with Gasteiger partial charge in [-0.25, -0.2) is 32.8 Å². The quantitative estimate of drug-likeness (QED) is 0.0346. The summed E-state index contributed by atoms with van der Waals surface area (Å²) in [5.74, 6) is -4.35. The Morgan fingerprint density at radius 3 is 1.75 bits per heavy atom. The van der Waals surface area contributed by atoms with Crippen LogP contribution in [0.4, 0.5) is 32.8 Å². The summed E-state index contributed by atoms with van der Waals surface area (Å²) >= 11 is 20.2. The first-order valence-electron chi connectivity index (χ1n) is 24.8. The van der Waals surface area contributed by atoms with E-state index < -0.39 is 82.0 Å². The highest BCUT2D eigenvalue weighted by molar-refractivity contribution is 6.66. The normalized spacial score (nSPS) is 20.3. The molecule has 0 aliphatic carbocycles. The number of likely N-dealkylation sites (tertiary alicyclic amines) is 4. The van der Waals surface area contributed by atoms with Crippen LogP contribution >= 0.6 is 46.4 Å². The van der Waals surface area contributed by atoms with Gasteiger partial charge in [0.15, 0.2) is 0 Å². The number of β-amino-alcohol motifs (C(OH)–C–C–N with tert-alkyl or cyclic N) is 1. The molecule has 4 amide bonds. The van der Waals surface area contributed by atoms with Crippen molar-refractivity contribution < 1.29 is 81.1 Å². The van der Waals surface area contributed by atoms with Gasteiger partial charge in [-0.3, -0.25) is 9.69 Å². The van der Waals surface area contributed by atoms with Gasteiger partial charge < -0.3 is 63.6 Å². The number of hydrogen-bond donors (Lipinski definition) is 4. The fraction of sp³-hybridized carbons (Fsp3) is 0.694. The van der Waals surface area contributed by atoms with Crippen LogP contribution in [-0.4, -0.2) is 188 Å².